The van der Waals surface area contributed by atoms with Crippen LogP contribution in [0.4, 0.5) is 5.69 Å². The zero-order chi connectivity index (χ0) is 17.0. The third-order valence-electron chi connectivity index (χ3n) is 2.75. The van der Waals surface area contributed by atoms with Gasteiger partial charge in [0.1, 0.15) is 5.15 Å². The lowest BCUT2D eigenvalue weighted by molar-refractivity contribution is -0.119. The van der Waals surface area contributed by atoms with Crippen molar-refractivity contribution in [2.24, 2.45) is 0 Å². The fourth-order valence-corrected chi connectivity index (χ4v) is 3.43. The lowest BCUT2D eigenvalue weighted by Crippen LogP contribution is -2.21. The van der Waals surface area contributed by atoms with Gasteiger partial charge in [0.05, 0.1) is 11.3 Å². The molecule has 0 fully saturated rings. The van der Waals surface area contributed by atoms with Crippen LogP contribution in [0.1, 0.15) is 15.9 Å². The van der Waals surface area contributed by atoms with E-state index in [1.54, 1.807) is 0 Å². The molecule has 0 aliphatic carbocycles. The fraction of sp³-hybridized carbons (Fsp3) is 0.133. The van der Waals surface area contributed by atoms with Gasteiger partial charge in [-0.25, -0.2) is 9.78 Å². The average Bonchev–Trinajstić information content (AvgIpc) is 2.49. The van der Waals surface area contributed by atoms with Crippen LogP contribution in [-0.4, -0.2) is 23.5 Å². The van der Waals surface area contributed by atoms with Crippen molar-refractivity contribution in [2.75, 3.05) is 11.9 Å². The predicted octanol–water partition coefficient (Wildman–Crippen LogP) is 4.36. The number of carbonyl (C=O) groups excluding carboxylic acids is 2. The Bertz CT molecular complexity index is 728. The number of aryl methyl sites for hydroxylation is 1. The number of pyridine rings is 1. The van der Waals surface area contributed by atoms with E-state index in [9.17, 15) is 9.59 Å². The molecular formula is C15H11Br2ClN2O3. The lowest BCUT2D eigenvalue weighted by Gasteiger charge is -2.11. The first-order valence-electron chi connectivity index (χ1n) is 6.41. The second-order valence-corrected chi connectivity index (χ2v) is 6.69. The van der Waals surface area contributed by atoms with Crippen LogP contribution in [0.25, 0.3) is 0 Å². The van der Waals surface area contributed by atoms with Crippen molar-refractivity contribution >= 4 is 61.0 Å². The summed E-state index contributed by atoms with van der Waals surface area (Å²) in [5, 5.41) is 2.95. The van der Waals surface area contributed by atoms with Gasteiger partial charge in [-0.3, -0.25) is 4.79 Å². The Morgan fingerprint density at radius 2 is 1.91 bits per heavy atom. The monoisotopic (exact) mass is 460 g/mol. The molecule has 5 nitrogen and oxygen atoms in total. The molecule has 0 aliphatic rings. The number of ether oxygens (including phenoxy) is 1. The molecule has 1 amide bonds. The highest BCUT2D eigenvalue weighted by molar-refractivity contribution is 9.11. The summed E-state index contributed by atoms with van der Waals surface area (Å²) < 4.78 is 6.40. The molecule has 0 unspecified atom stereocenters. The van der Waals surface area contributed by atoms with E-state index >= 15 is 0 Å². The van der Waals surface area contributed by atoms with Crippen LogP contribution >= 0.6 is 43.5 Å². The summed E-state index contributed by atoms with van der Waals surface area (Å²) in [4.78, 5) is 27.5. The standard InChI is InChI=1S/C15H11Br2ClN2O3/c1-8-4-10(16)14(11(17)5-8)20-13(21)7-23-15(22)9-2-3-12(18)19-6-9/h2-6H,7H2,1H3,(H,20,21). The molecule has 1 aromatic heterocycles. The maximum atomic E-state index is 11.9. The van der Waals surface area contributed by atoms with Gasteiger partial charge in [-0.1, -0.05) is 11.6 Å². The fourth-order valence-electron chi connectivity index (χ4n) is 1.71. The molecule has 0 saturated carbocycles. The number of esters is 1. The van der Waals surface area contributed by atoms with Crippen LogP contribution in [0.2, 0.25) is 5.15 Å². The first-order valence-corrected chi connectivity index (χ1v) is 8.37. The third kappa shape index (κ3) is 5.02. The van der Waals surface area contributed by atoms with Gasteiger partial charge < -0.3 is 10.1 Å². The summed E-state index contributed by atoms with van der Waals surface area (Å²) in [6.07, 6.45) is 1.29. The zero-order valence-electron chi connectivity index (χ0n) is 11.9. The highest BCUT2D eigenvalue weighted by Crippen LogP contribution is 2.32. The molecule has 1 N–H and O–H groups in total. The summed E-state index contributed by atoms with van der Waals surface area (Å²) in [6.45, 7) is 1.53. The second kappa shape index (κ2) is 7.90. The maximum absolute atomic E-state index is 11.9. The molecule has 2 aromatic rings. The molecule has 0 atom stereocenters. The Hall–Kier alpha value is -1.44. The van der Waals surface area contributed by atoms with Crippen molar-refractivity contribution in [1.82, 2.24) is 4.98 Å². The van der Waals surface area contributed by atoms with Crippen molar-refractivity contribution in [3.05, 3.63) is 55.7 Å². The van der Waals surface area contributed by atoms with E-state index in [0.29, 0.717) is 5.69 Å². The molecule has 8 heteroatoms. The Morgan fingerprint density at radius 3 is 2.48 bits per heavy atom. The van der Waals surface area contributed by atoms with E-state index < -0.39 is 18.5 Å². The number of nitrogens with one attached hydrogen (secondary N) is 1. The largest absolute Gasteiger partial charge is 0.452 e. The van der Waals surface area contributed by atoms with Crippen molar-refractivity contribution in [1.29, 1.82) is 0 Å². The van der Waals surface area contributed by atoms with Crippen LogP contribution in [0.15, 0.2) is 39.4 Å². The van der Waals surface area contributed by atoms with Crippen LogP contribution in [0.3, 0.4) is 0 Å². The number of anilines is 1. The van der Waals surface area contributed by atoms with Crippen LogP contribution in [0.5, 0.6) is 0 Å². The summed E-state index contributed by atoms with van der Waals surface area (Å²) in [6, 6.07) is 6.68. The number of hydrogen-bond acceptors (Lipinski definition) is 4. The quantitative estimate of drug-likeness (QED) is 0.542. The lowest BCUT2D eigenvalue weighted by atomic mass is 10.2. The predicted molar refractivity (Wildman–Crippen MR) is 94.7 cm³/mol. The van der Waals surface area contributed by atoms with Gasteiger partial charge in [0.2, 0.25) is 0 Å². The van der Waals surface area contributed by atoms with E-state index in [4.69, 9.17) is 16.3 Å². The molecule has 120 valence electrons. The van der Waals surface area contributed by atoms with Gasteiger partial charge >= 0.3 is 5.97 Å². The highest BCUT2D eigenvalue weighted by atomic mass is 79.9. The zero-order valence-corrected chi connectivity index (χ0v) is 15.8. The topological polar surface area (TPSA) is 68.3 Å². The molecule has 0 spiro atoms. The molecule has 0 aliphatic heterocycles. The van der Waals surface area contributed by atoms with E-state index in [2.05, 4.69) is 42.2 Å². The van der Waals surface area contributed by atoms with Crippen molar-refractivity contribution in [2.45, 2.75) is 6.92 Å². The molecular weight excluding hydrogens is 451 g/mol. The number of aromatic nitrogens is 1. The third-order valence-corrected chi connectivity index (χ3v) is 4.22. The van der Waals surface area contributed by atoms with Crippen molar-refractivity contribution < 1.29 is 14.3 Å². The van der Waals surface area contributed by atoms with Crippen LogP contribution in [-0.2, 0) is 9.53 Å². The van der Waals surface area contributed by atoms with Gasteiger partial charge in [0.25, 0.3) is 5.91 Å². The highest BCUT2D eigenvalue weighted by Gasteiger charge is 2.13. The molecule has 0 bridgehead atoms. The Balaban J connectivity index is 1.95. The summed E-state index contributed by atoms with van der Waals surface area (Å²) in [7, 11) is 0. The average molecular weight is 463 g/mol. The minimum absolute atomic E-state index is 0.222. The SMILES string of the molecule is Cc1cc(Br)c(NC(=O)COC(=O)c2ccc(Cl)nc2)c(Br)c1. The summed E-state index contributed by atoms with van der Waals surface area (Å²) in [5.41, 5.74) is 1.83. The van der Waals surface area contributed by atoms with Gasteiger partial charge in [-0.05, 0) is 68.6 Å². The Kier molecular flexibility index (Phi) is 6.15. The number of amides is 1. The second-order valence-electron chi connectivity index (χ2n) is 4.60. The molecule has 1 heterocycles. The Labute approximate surface area is 154 Å². The summed E-state index contributed by atoms with van der Waals surface area (Å²) in [5.74, 6) is -1.10. The Morgan fingerprint density at radius 1 is 1.26 bits per heavy atom. The van der Waals surface area contributed by atoms with Gasteiger partial charge in [0.15, 0.2) is 6.61 Å². The van der Waals surface area contributed by atoms with Gasteiger partial charge in [0, 0.05) is 15.1 Å². The maximum Gasteiger partial charge on any atom is 0.340 e. The first kappa shape index (κ1) is 17.9. The van der Waals surface area contributed by atoms with Gasteiger partial charge in [-0.2, -0.15) is 0 Å². The summed E-state index contributed by atoms with van der Waals surface area (Å²) >= 11 is 12.4. The molecule has 23 heavy (non-hydrogen) atoms. The number of nitrogens with zero attached hydrogens (tertiary/aromatic N) is 1. The number of benzene rings is 1. The molecule has 1 aromatic carbocycles. The number of hydrogen-bond donors (Lipinski definition) is 1. The van der Waals surface area contributed by atoms with E-state index in [1.165, 1.54) is 18.3 Å². The normalized spacial score (nSPS) is 10.3. The van der Waals surface area contributed by atoms with Crippen LogP contribution in [0, 0.1) is 6.92 Å². The molecule has 2 rings (SSSR count). The number of rotatable bonds is 4. The molecule has 0 saturated heterocycles. The first-order chi connectivity index (χ1) is 10.9. The van der Waals surface area contributed by atoms with E-state index in [-0.39, 0.29) is 10.7 Å². The minimum Gasteiger partial charge on any atom is -0.452 e. The minimum atomic E-state index is -0.647. The van der Waals surface area contributed by atoms with E-state index in [1.807, 2.05) is 19.1 Å². The van der Waals surface area contributed by atoms with Crippen LogP contribution < -0.4 is 5.32 Å². The van der Waals surface area contributed by atoms with Crippen molar-refractivity contribution in [3.8, 4) is 0 Å². The number of halogens is 3. The smallest absolute Gasteiger partial charge is 0.340 e. The van der Waals surface area contributed by atoms with Crippen molar-refractivity contribution in [3.63, 3.8) is 0 Å². The molecule has 0 radical (unpaired) electrons. The number of carbonyl (C=O) groups is 2. The van der Waals surface area contributed by atoms with E-state index in [0.717, 1.165) is 14.5 Å². The van der Waals surface area contributed by atoms with Gasteiger partial charge in [-0.15, -0.1) is 0 Å².